The number of nitrogens with zero attached hydrogens (tertiary/aromatic N) is 8. The van der Waals surface area contributed by atoms with Crippen molar-refractivity contribution < 1.29 is 65.9 Å². The number of rotatable bonds is 10. The second-order valence-corrected chi connectivity index (χ2v) is 28.6. The zero-order chi connectivity index (χ0) is 68.1. The molecule has 3 aliphatic carbocycles. The zero-order valence-corrected chi connectivity index (χ0v) is 57.4. The maximum Gasteiger partial charge on any atom is 0.393 e. The smallest absolute Gasteiger partial charge is 0.343 e. The van der Waals surface area contributed by atoms with E-state index in [0.717, 1.165) is 41.9 Å². The second-order valence-electron chi connectivity index (χ2n) is 28.0. The van der Waals surface area contributed by atoms with Gasteiger partial charge in [0.05, 0.1) is 25.6 Å². The first kappa shape index (κ1) is 76.0. The Kier molecular flexibility index (Phi) is 27.9. The van der Waals surface area contributed by atoms with Crippen molar-refractivity contribution in [3.05, 3.63) is 0 Å². The minimum Gasteiger partial charge on any atom is -0.343 e. The maximum atomic E-state index is 15.1. The Morgan fingerprint density at radius 1 is 0.604 bits per heavy atom. The molecule has 516 valence electrons. The molecule has 2 heterocycles. The van der Waals surface area contributed by atoms with Gasteiger partial charge in [-0.3, -0.25) is 52.7 Å². The summed E-state index contributed by atoms with van der Waals surface area (Å²) < 4.78 is 41.7. The number of fused-ring (bicyclic) bond motifs is 1. The second kappa shape index (κ2) is 33.4. The monoisotopic (exact) mass is 1310 g/mol. The highest BCUT2D eigenvalue weighted by atomic mass is 35.5. The van der Waals surface area contributed by atoms with Crippen molar-refractivity contribution in [1.82, 2.24) is 55.1 Å². The summed E-state index contributed by atoms with van der Waals surface area (Å²) in [5.41, 5.74) is -1.48. The molecule has 91 heavy (non-hydrogen) atoms. The van der Waals surface area contributed by atoms with Crippen molar-refractivity contribution in [3.63, 3.8) is 0 Å². The van der Waals surface area contributed by atoms with E-state index < -0.39 is 162 Å². The fraction of sp³-hybridized carbons (Fsp3) is 0.831. The fourth-order valence-corrected chi connectivity index (χ4v) is 14.7. The first-order valence-corrected chi connectivity index (χ1v) is 33.7. The van der Waals surface area contributed by atoms with Crippen LogP contribution in [0.3, 0.4) is 0 Å². The molecule has 3 unspecified atom stereocenters. The van der Waals surface area contributed by atoms with Crippen molar-refractivity contribution in [3.8, 4) is 0 Å². The number of alkyl halides is 4. The van der Waals surface area contributed by atoms with Crippen LogP contribution in [0.4, 0.5) is 13.2 Å². The Balaban J connectivity index is 1.54. The van der Waals surface area contributed by atoms with Crippen LogP contribution in [0.25, 0.3) is 0 Å². The molecule has 0 aromatic carbocycles. The van der Waals surface area contributed by atoms with E-state index in [1.165, 1.54) is 78.7 Å². The van der Waals surface area contributed by atoms with Gasteiger partial charge in [-0.05, 0) is 107 Å². The van der Waals surface area contributed by atoms with Crippen molar-refractivity contribution in [2.45, 2.75) is 236 Å². The molecular weight excluding hydrogens is 1200 g/mol. The standard InChI is InChI=1S/C65H107ClF3N11O11/c1-15-41(6)55-61(89)75(10)37-53(83)73(8)38-54(84)78(13)50(35-43-22-17-16-18-23-43)60(88)74(9)36-51(81)70-47(28-26-44-25-27-45(46(66)34-44)65(67,68)69)59(87)80-31-21-24-48(80)58(86)72-64(29-19-20-30-64)63(91)79(14)56(40(4)5)62(90)76(11)42(7)33-52(82)77(12)49(32-39(2)3)57(85)71-55/h39-50,55-56H,15-38H2,1-14H3,(H,70,81)(H,71,85)(H,72,86)/t41-,42+,44?,45?,46?,47-,48-,49-,50-,55-,56-/m0/s1. The Morgan fingerprint density at radius 2 is 1.21 bits per heavy atom. The highest BCUT2D eigenvalue weighted by Crippen LogP contribution is 2.44. The van der Waals surface area contributed by atoms with Crippen LogP contribution in [0.2, 0.25) is 0 Å². The average Bonchev–Trinajstić information content (AvgIpc) is 1.76. The van der Waals surface area contributed by atoms with E-state index in [1.807, 2.05) is 20.8 Å². The quantitative estimate of drug-likeness (QED) is 0.228. The first-order valence-electron chi connectivity index (χ1n) is 33.3. The summed E-state index contributed by atoms with van der Waals surface area (Å²) in [7, 11) is 10.2. The molecule has 5 aliphatic rings. The van der Waals surface area contributed by atoms with Gasteiger partial charge in [0.2, 0.25) is 65.0 Å². The maximum absolute atomic E-state index is 15.1. The molecule has 22 nitrogen and oxygen atoms in total. The van der Waals surface area contributed by atoms with E-state index >= 15 is 9.59 Å². The molecule has 3 N–H and O–H groups in total. The molecule has 2 aliphatic heterocycles. The van der Waals surface area contributed by atoms with E-state index in [-0.39, 0.29) is 94.9 Å². The molecule has 3 saturated carbocycles. The molecule has 0 radical (unpaired) electrons. The molecule has 11 atom stereocenters. The van der Waals surface area contributed by atoms with E-state index in [4.69, 9.17) is 11.6 Å². The lowest BCUT2D eigenvalue weighted by molar-refractivity contribution is -0.182. The minimum atomic E-state index is -4.49. The van der Waals surface area contributed by atoms with Crippen LogP contribution in [0.1, 0.15) is 177 Å². The Bertz CT molecular complexity index is 2590. The number of carbonyl (C=O) groups is 11. The van der Waals surface area contributed by atoms with Gasteiger partial charge in [0.1, 0.15) is 41.8 Å². The lowest BCUT2D eigenvalue weighted by Crippen LogP contribution is -2.64. The third kappa shape index (κ3) is 19.7. The van der Waals surface area contributed by atoms with Gasteiger partial charge in [-0.1, -0.05) is 92.9 Å². The van der Waals surface area contributed by atoms with Gasteiger partial charge in [-0.25, -0.2) is 0 Å². The molecular formula is C65H107ClF3N11O11. The summed E-state index contributed by atoms with van der Waals surface area (Å²) in [4.78, 5) is 171. The van der Waals surface area contributed by atoms with Crippen molar-refractivity contribution in [2.75, 3.05) is 75.5 Å². The minimum absolute atomic E-state index is 0.0148. The predicted molar refractivity (Wildman–Crippen MR) is 338 cm³/mol. The molecule has 26 heteroatoms. The summed E-state index contributed by atoms with van der Waals surface area (Å²) in [6, 6.07) is -7.51. The zero-order valence-electron chi connectivity index (χ0n) is 56.6. The van der Waals surface area contributed by atoms with Crippen LogP contribution >= 0.6 is 11.6 Å². The Labute approximate surface area is 542 Å². The number of nitrogens with one attached hydrogen (secondary N) is 3. The first-order chi connectivity index (χ1) is 42.5. The van der Waals surface area contributed by atoms with Crippen LogP contribution in [0.15, 0.2) is 0 Å². The highest BCUT2D eigenvalue weighted by Gasteiger charge is 2.51. The number of amides is 11. The summed E-state index contributed by atoms with van der Waals surface area (Å²) in [6.07, 6.45) is 2.93. The fourth-order valence-electron chi connectivity index (χ4n) is 14.2. The SMILES string of the molecule is CC[C@H](C)[C@@H]1NC(=O)[C@H](CC(C)C)N(C)C(=O)C[C@@H](C)N(C)C(=O)[C@H](C(C)C)N(C)C(=O)C2(CCCC2)NC(=O)[C@@H]2CCCN2C(=O)[C@H](CCC2CCC(C(F)(F)F)C(Cl)C2)NC(=O)CN(C)C(=O)[C@H](CC2CCCCC2)N(C)C(=O)CN(C)C(=O)CN(C)C1=O. The highest BCUT2D eigenvalue weighted by molar-refractivity contribution is 6.20. The van der Waals surface area contributed by atoms with Gasteiger partial charge in [-0.15, -0.1) is 11.6 Å². The summed E-state index contributed by atoms with van der Waals surface area (Å²) in [5.74, 6) is -9.44. The Hall–Kier alpha value is -5.75. The normalized spacial score (nSPS) is 29.8. The lowest BCUT2D eigenvalue weighted by Gasteiger charge is -2.41. The van der Waals surface area contributed by atoms with Crippen molar-refractivity contribution in [1.29, 1.82) is 0 Å². The molecule has 11 amide bonds. The molecule has 5 fully saturated rings. The van der Waals surface area contributed by atoms with Crippen molar-refractivity contribution in [2.24, 2.45) is 35.5 Å². The number of carbonyl (C=O) groups excluding carboxylic acids is 11. The third-order valence-electron chi connectivity index (χ3n) is 20.3. The van der Waals surface area contributed by atoms with Gasteiger partial charge < -0.3 is 55.1 Å². The van der Waals surface area contributed by atoms with E-state index in [0.29, 0.717) is 25.7 Å². The Morgan fingerprint density at radius 3 is 1.79 bits per heavy atom. The summed E-state index contributed by atoms with van der Waals surface area (Å²) >= 11 is 6.36. The van der Waals surface area contributed by atoms with Crippen LogP contribution in [-0.4, -0.2) is 239 Å². The number of hydrogen-bond donors (Lipinski definition) is 3. The van der Waals surface area contributed by atoms with E-state index in [1.54, 1.807) is 27.7 Å². The molecule has 5 rings (SSSR count). The molecule has 0 bridgehead atoms. The van der Waals surface area contributed by atoms with Gasteiger partial charge >= 0.3 is 6.18 Å². The van der Waals surface area contributed by atoms with Crippen LogP contribution < -0.4 is 16.0 Å². The molecule has 1 spiro atoms. The lowest BCUT2D eigenvalue weighted by atomic mass is 9.78. The van der Waals surface area contributed by atoms with Gasteiger partial charge in [0.25, 0.3) is 0 Å². The summed E-state index contributed by atoms with van der Waals surface area (Å²) in [5, 5.41) is 7.56. The van der Waals surface area contributed by atoms with Gasteiger partial charge in [0.15, 0.2) is 0 Å². The topological polar surface area (TPSA) is 250 Å². The molecule has 2 saturated heterocycles. The van der Waals surface area contributed by atoms with Crippen LogP contribution in [-0.2, 0) is 52.7 Å². The number of hydrogen-bond acceptors (Lipinski definition) is 11. The largest absolute Gasteiger partial charge is 0.393 e. The molecule has 0 aromatic rings. The summed E-state index contributed by atoms with van der Waals surface area (Å²) in [6.45, 7) is 11.2. The van der Waals surface area contributed by atoms with E-state index in [2.05, 4.69) is 16.0 Å². The van der Waals surface area contributed by atoms with Gasteiger partial charge in [0, 0.05) is 73.7 Å². The van der Waals surface area contributed by atoms with Gasteiger partial charge in [-0.2, -0.15) is 13.2 Å². The average molecular weight is 1310 g/mol. The van der Waals surface area contributed by atoms with Crippen molar-refractivity contribution >= 4 is 76.6 Å². The number of halogens is 4. The molecule has 0 aromatic heterocycles. The van der Waals surface area contributed by atoms with E-state index in [9.17, 15) is 56.3 Å². The predicted octanol–water partition coefficient (Wildman–Crippen LogP) is 5.57. The third-order valence-corrected chi connectivity index (χ3v) is 20.8. The number of likely N-dealkylation sites (N-methyl/N-ethyl adjacent to an activating group) is 7. The van der Waals surface area contributed by atoms with Crippen LogP contribution in [0.5, 0.6) is 0 Å². The van der Waals surface area contributed by atoms with Crippen LogP contribution in [0, 0.1) is 35.5 Å².